The van der Waals surface area contributed by atoms with Gasteiger partial charge in [0.15, 0.2) is 0 Å². The van der Waals surface area contributed by atoms with Crippen molar-refractivity contribution in [2.75, 3.05) is 0 Å². The zero-order chi connectivity index (χ0) is 21.6. The number of hydrogen-bond acceptors (Lipinski definition) is 3. The number of hydrogen-bond donors (Lipinski definition) is 1. The van der Waals surface area contributed by atoms with E-state index < -0.39 is 17.8 Å². The maximum atomic E-state index is 12.8. The van der Waals surface area contributed by atoms with Gasteiger partial charge in [-0.2, -0.15) is 0 Å². The Morgan fingerprint density at radius 3 is 1.72 bits per heavy atom. The van der Waals surface area contributed by atoms with Gasteiger partial charge >= 0.3 is 11.9 Å². The van der Waals surface area contributed by atoms with Crippen LogP contribution in [0.4, 0.5) is 0 Å². The highest BCUT2D eigenvalue weighted by atomic mass is 16.5. The molecule has 0 spiro atoms. The van der Waals surface area contributed by atoms with E-state index in [-0.39, 0.29) is 12.1 Å². The van der Waals surface area contributed by atoms with Gasteiger partial charge in [0.25, 0.3) is 0 Å². The zero-order valence-corrected chi connectivity index (χ0v) is 19.5. The van der Waals surface area contributed by atoms with Gasteiger partial charge in [0.2, 0.25) is 0 Å². The van der Waals surface area contributed by atoms with E-state index in [0.29, 0.717) is 18.8 Å². The third-order valence-corrected chi connectivity index (χ3v) is 6.28. The first-order chi connectivity index (χ1) is 13.8. The van der Waals surface area contributed by atoms with Crippen LogP contribution in [0, 0.1) is 23.7 Å². The Morgan fingerprint density at radius 1 is 0.759 bits per heavy atom. The molecule has 0 bridgehead atoms. The number of esters is 1. The van der Waals surface area contributed by atoms with Crippen LogP contribution in [0.25, 0.3) is 0 Å². The van der Waals surface area contributed by atoms with E-state index in [1.54, 1.807) is 0 Å². The predicted molar refractivity (Wildman–Crippen MR) is 119 cm³/mol. The third-order valence-electron chi connectivity index (χ3n) is 6.28. The summed E-state index contributed by atoms with van der Waals surface area (Å²) in [5.41, 5.74) is 0. The van der Waals surface area contributed by atoms with Gasteiger partial charge in [-0.25, -0.2) is 0 Å². The highest BCUT2D eigenvalue weighted by Gasteiger charge is 2.37. The van der Waals surface area contributed by atoms with Gasteiger partial charge in [0, 0.05) is 0 Å². The Hall–Kier alpha value is -1.06. The van der Waals surface area contributed by atoms with Gasteiger partial charge in [0.1, 0.15) is 6.10 Å². The Bertz CT molecular complexity index is 458. The predicted octanol–water partition coefficient (Wildman–Crippen LogP) is 7.00. The lowest BCUT2D eigenvalue weighted by molar-refractivity contribution is -0.164. The molecule has 4 heteroatoms. The minimum atomic E-state index is -0.842. The molecule has 3 atom stereocenters. The number of unbranched alkanes of at least 4 members (excludes halogenated alkanes) is 4. The molecule has 1 rings (SSSR count). The first-order valence-electron chi connectivity index (χ1n) is 12.2. The highest BCUT2D eigenvalue weighted by Crippen LogP contribution is 2.32. The van der Waals surface area contributed by atoms with E-state index >= 15 is 0 Å². The number of carboxylic acids is 1. The van der Waals surface area contributed by atoms with Crippen LogP contribution in [0.1, 0.15) is 118 Å². The normalized spacial score (nSPS) is 20.8. The molecule has 0 aromatic rings. The van der Waals surface area contributed by atoms with Crippen molar-refractivity contribution in [3.8, 4) is 0 Å². The molecular formula is C25H46O4. The van der Waals surface area contributed by atoms with Gasteiger partial charge in [-0.3, -0.25) is 9.59 Å². The Morgan fingerprint density at radius 2 is 1.21 bits per heavy atom. The average Bonchev–Trinajstić information content (AvgIpc) is 2.67. The molecule has 0 radical (unpaired) electrons. The number of rotatable bonds is 15. The second-order valence-electron chi connectivity index (χ2n) is 9.96. The van der Waals surface area contributed by atoms with Crippen molar-refractivity contribution >= 4 is 11.9 Å². The van der Waals surface area contributed by atoms with Crippen molar-refractivity contribution in [2.24, 2.45) is 23.7 Å². The number of carbonyl (C=O) groups is 2. The van der Waals surface area contributed by atoms with E-state index in [9.17, 15) is 14.7 Å². The van der Waals surface area contributed by atoms with Gasteiger partial charge < -0.3 is 9.84 Å². The number of carbonyl (C=O) groups excluding carboxylic acids is 1. The summed E-state index contributed by atoms with van der Waals surface area (Å²) in [4.78, 5) is 24.3. The molecule has 1 saturated carbocycles. The molecule has 3 unspecified atom stereocenters. The van der Waals surface area contributed by atoms with E-state index in [4.69, 9.17) is 4.74 Å². The van der Waals surface area contributed by atoms with Gasteiger partial charge in [-0.15, -0.1) is 0 Å². The summed E-state index contributed by atoms with van der Waals surface area (Å²) < 4.78 is 5.92. The quantitative estimate of drug-likeness (QED) is 0.233. The first kappa shape index (κ1) is 26.0. The minimum absolute atomic E-state index is 0.0452. The lowest BCUT2D eigenvalue weighted by atomic mass is 9.79. The smallest absolute Gasteiger partial charge is 0.310 e. The number of carboxylic acid groups (broad SMARTS) is 1. The Balaban J connectivity index is 2.50. The Kier molecular flexibility index (Phi) is 13.3. The fourth-order valence-electron chi connectivity index (χ4n) is 4.43. The average molecular weight is 411 g/mol. The fraction of sp³-hybridized carbons (Fsp3) is 0.920. The van der Waals surface area contributed by atoms with Gasteiger partial charge in [0.05, 0.1) is 11.8 Å². The van der Waals surface area contributed by atoms with E-state index in [1.165, 1.54) is 38.5 Å². The summed E-state index contributed by atoms with van der Waals surface area (Å²) in [6.45, 7) is 9.01. The largest absolute Gasteiger partial charge is 0.481 e. The van der Waals surface area contributed by atoms with Crippen molar-refractivity contribution in [3.05, 3.63) is 0 Å². The lowest BCUT2D eigenvalue weighted by Gasteiger charge is -2.29. The van der Waals surface area contributed by atoms with Crippen LogP contribution in [0.2, 0.25) is 0 Å². The van der Waals surface area contributed by atoms with Crippen molar-refractivity contribution in [1.29, 1.82) is 0 Å². The minimum Gasteiger partial charge on any atom is -0.481 e. The molecule has 1 aliphatic carbocycles. The molecule has 0 amide bonds. The van der Waals surface area contributed by atoms with Crippen molar-refractivity contribution in [2.45, 2.75) is 124 Å². The molecule has 0 aliphatic heterocycles. The SMILES string of the molecule is CC(C)CCCCCCC(CCCCC(C)C)OC(=O)C1CCCCC1C(=O)O. The van der Waals surface area contributed by atoms with E-state index in [0.717, 1.165) is 44.4 Å². The molecular weight excluding hydrogens is 364 g/mol. The molecule has 1 N–H and O–H groups in total. The van der Waals surface area contributed by atoms with Crippen LogP contribution < -0.4 is 0 Å². The zero-order valence-electron chi connectivity index (χ0n) is 19.5. The van der Waals surface area contributed by atoms with Gasteiger partial charge in [-0.1, -0.05) is 79.1 Å². The maximum Gasteiger partial charge on any atom is 0.310 e. The van der Waals surface area contributed by atoms with Crippen molar-refractivity contribution < 1.29 is 19.4 Å². The summed E-state index contributed by atoms with van der Waals surface area (Å²) in [5, 5.41) is 9.47. The molecule has 1 fully saturated rings. The standard InChI is InChI=1S/C25H46O4/c1-19(2)13-7-5-6-8-15-21(16-10-9-14-20(3)4)29-25(28)23-18-12-11-17-22(23)24(26)27/h19-23H,5-18H2,1-4H3,(H,26,27). The summed E-state index contributed by atoms with van der Waals surface area (Å²) >= 11 is 0. The molecule has 29 heavy (non-hydrogen) atoms. The van der Waals surface area contributed by atoms with E-state index in [1.807, 2.05) is 0 Å². The summed E-state index contributed by atoms with van der Waals surface area (Å²) in [6.07, 6.45) is 14.4. The summed E-state index contributed by atoms with van der Waals surface area (Å²) in [7, 11) is 0. The second-order valence-corrected chi connectivity index (χ2v) is 9.96. The molecule has 0 saturated heterocycles. The van der Waals surface area contributed by atoms with E-state index in [2.05, 4.69) is 27.7 Å². The number of ether oxygens (including phenoxy) is 1. The Labute approximate surface area is 179 Å². The summed E-state index contributed by atoms with van der Waals surface area (Å²) in [5.74, 6) is -0.645. The number of aliphatic carboxylic acids is 1. The van der Waals surface area contributed by atoms with Crippen LogP contribution in [0.5, 0.6) is 0 Å². The van der Waals surface area contributed by atoms with Crippen LogP contribution in [-0.2, 0) is 14.3 Å². The topological polar surface area (TPSA) is 63.6 Å². The monoisotopic (exact) mass is 410 g/mol. The highest BCUT2D eigenvalue weighted by molar-refractivity contribution is 5.81. The second kappa shape index (κ2) is 14.8. The van der Waals surface area contributed by atoms with Crippen LogP contribution in [0.3, 0.4) is 0 Å². The fourth-order valence-corrected chi connectivity index (χ4v) is 4.43. The molecule has 4 nitrogen and oxygen atoms in total. The first-order valence-corrected chi connectivity index (χ1v) is 12.2. The van der Waals surface area contributed by atoms with Gasteiger partial charge in [-0.05, 0) is 50.4 Å². The molecule has 0 aromatic carbocycles. The molecule has 0 heterocycles. The van der Waals surface area contributed by atoms with Crippen molar-refractivity contribution in [3.63, 3.8) is 0 Å². The molecule has 0 aromatic heterocycles. The molecule has 1 aliphatic rings. The van der Waals surface area contributed by atoms with Crippen LogP contribution in [-0.4, -0.2) is 23.1 Å². The third kappa shape index (κ3) is 11.6. The van der Waals surface area contributed by atoms with Crippen LogP contribution >= 0.6 is 0 Å². The molecule has 170 valence electrons. The van der Waals surface area contributed by atoms with Crippen molar-refractivity contribution in [1.82, 2.24) is 0 Å². The van der Waals surface area contributed by atoms with Crippen LogP contribution in [0.15, 0.2) is 0 Å². The maximum absolute atomic E-state index is 12.8. The summed E-state index contributed by atoms with van der Waals surface area (Å²) in [6, 6.07) is 0. The lowest BCUT2D eigenvalue weighted by Crippen LogP contribution is -2.35.